The molecule has 0 aliphatic heterocycles. The van der Waals surface area contributed by atoms with Crippen LogP contribution in [0.2, 0.25) is 0 Å². The van der Waals surface area contributed by atoms with Crippen molar-refractivity contribution in [2.24, 2.45) is 0 Å². The predicted molar refractivity (Wildman–Crippen MR) is 112 cm³/mol. The molecule has 0 unspecified atom stereocenters. The molecule has 2 heterocycles. The molecule has 6 nitrogen and oxygen atoms in total. The summed E-state index contributed by atoms with van der Waals surface area (Å²) in [5, 5.41) is 9.85. The van der Waals surface area contributed by atoms with Gasteiger partial charge in [0, 0.05) is 19.8 Å². The molecule has 3 aromatic rings. The van der Waals surface area contributed by atoms with E-state index in [9.17, 15) is 0 Å². The third-order valence-corrected chi connectivity index (χ3v) is 5.96. The largest absolute Gasteiger partial charge is 0.382 e. The molecule has 9 heteroatoms. The minimum Gasteiger partial charge on any atom is -0.382 e. The van der Waals surface area contributed by atoms with E-state index in [-0.39, 0.29) is 0 Å². The summed E-state index contributed by atoms with van der Waals surface area (Å²) in [5.41, 5.74) is 1.06. The van der Waals surface area contributed by atoms with E-state index in [0.717, 1.165) is 52.3 Å². The molecular formula is C17H23N5OS3. The van der Waals surface area contributed by atoms with Crippen LogP contribution < -0.4 is 5.32 Å². The smallest absolute Gasteiger partial charge is 0.204 e. The summed E-state index contributed by atoms with van der Waals surface area (Å²) < 4.78 is 9.19. The molecule has 0 spiro atoms. The van der Waals surface area contributed by atoms with Gasteiger partial charge in [0.2, 0.25) is 5.13 Å². The Labute approximate surface area is 166 Å². The molecule has 3 rings (SSSR count). The number of anilines is 1. The first-order valence-electron chi connectivity index (χ1n) is 8.58. The summed E-state index contributed by atoms with van der Waals surface area (Å²) in [6.45, 7) is 5.78. The van der Waals surface area contributed by atoms with Crippen molar-refractivity contribution in [3.05, 3.63) is 33.2 Å². The van der Waals surface area contributed by atoms with E-state index in [0.29, 0.717) is 6.67 Å². The third kappa shape index (κ3) is 5.31. The number of hydrogen-bond acceptors (Lipinski definition) is 8. The minimum atomic E-state index is 0.645. The van der Waals surface area contributed by atoms with Crippen LogP contribution in [0.25, 0.3) is 10.2 Å². The monoisotopic (exact) mass is 409 g/mol. The van der Waals surface area contributed by atoms with Gasteiger partial charge in [-0.05, 0) is 44.7 Å². The first-order valence-corrected chi connectivity index (χ1v) is 10.6. The highest BCUT2D eigenvalue weighted by atomic mass is 32.1. The quantitative estimate of drug-likeness (QED) is 0.400. The number of nitrogens with one attached hydrogen (secondary N) is 1. The summed E-state index contributed by atoms with van der Waals surface area (Å²) in [5.74, 6) is 0. The number of para-hydroxylation sites is 1. The van der Waals surface area contributed by atoms with E-state index in [4.69, 9.17) is 17.0 Å². The number of nitrogens with zero attached hydrogens (tertiary/aromatic N) is 4. The van der Waals surface area contributed by atoms with Crippen LogP contribution in [0.5, 0.6) is 0 Å². The highest BCUT2D eigenvalue weighted by Crippen LogP contribution is 2.22. The molecule has 0 radical (unpaired) electrons. The van der Waals surface area contributed by atoms with Crippen LogP contribution in [-0.2, 0) is 18.0 Å². The normalized spacial score (nSPS) is 11.5. The van der Waals surface area contributed by atoms with Gasteiger partial charge in [-0.1, -0.05) is 23.5 Å². The SMILES string of the molecule is CCOCCCNc1nn(CN(C)Cc2nc3ccccc3s2)c(=S)s1. The Kier molecular flexibility index (Phi) is 7.09. The summed E-state index contributed by atoms with van der Waals surface area (Å²) in [4.78, 5) is 6.86. The Morgan fingerprint density at radius 2 is 2.15 bits per heavy atom. The van der Waals surface area contributed by atoms with Gasteiger partial charge in [-0.15, -0.1) is 16.4 Å². The number of rotatable bonds is 10. The second kappa shape index (κ2) is 9.52. The lowest BCUT2D eigenvalue weighted by Crippen LogP contribution is -2.22. The Morgan fingerprint density at radius 3 is 2.96 bits per heavy atom. The molecule has 2 aromatic heterocycles. The maximum atomic E-state index is 5.44. The zero-order valence-electron chi connectivity index (χ0n) is 15.0. The number of ether oxygens (including phenoxy) is 1. The molecule has 0 amide bonds. The lowest BCUT2D eigenvalue weighted by molar-refractivity contribution is 0.147. The van der Waals surface area contributed by atoms with Gasteiger partial charge in [0.25, 0.3) is 0 Å². The summed E-state index contributed by atoms with van der Waals surface area (Å²) in [6.07, 6.45) is 0.956. The molecule has 140 valence electrons. The van der Waals surface area contributed by atoms with Crippen LogP contribution in [0.3, 0.4) is 0 Å². The predicted octanol–water partition coefficient (Wildman–Crippen LogP) is 4.21. The second-order valence-electron chi connectivity index (χ2n) is 5.88. The highest BCUT2D eigenvalue weighted by Gasteiger charge is 2.09. The molecule has 0 saturated carbocycles. The number of hydrogen-bond donors (Lipinski definition) is 1. The molecule has 0 bridgehead atoms. The van der Waals surface area contributed by atoms with Crippen molar-refractivity contribution in [3.8, 4) is 0 Å². The van der Waals surface area contributed by atoms with E-state index in [1.165, 1.54) is 16.0 Å². The van der Waals surface area contributed by atoms with Crippen molar-refractivity contribution in [1.82, 2.24) is 19.7 Å². The first-order chi connectivity index (χ1) is 12.7. The van der Waals surface area contributed by atoms with Gasteiger partial charge in [0.1, 0.15) is 5.01 Å². The Hall–Kier alpha value is -1.39. The van der Waals surface area contributed by atoms with Crippen molar-refractivity contribution in [1.29, 1.82) is 0 Å². The van der Waals surface area contributed by atoms with Crippen molar-refractivity contribution >= 4 is 50.2 Å². The highest BCUT2D eigenvalue weighted by molar-refractivity contribution is 7.73. The molecule has 1 aromatic carbocycles. The summed E-state index contributed by atoms with van der Waals surface area (Å²) in [7, 11) is 2.06. The molecule has 0 aliphatic rings. The minimum absolute atomic E-state index is 0.645. The first kappa shape index (κ1) is 19.4. The van der Waals surface area contributed by atoms with E-state index < -0.39 is 0 Å². The van der Waals surface area contributed by atoms with Gasteiger partial charge < -0.3 is 10.1 Å². The lowest BCUT2D eigenvalue weighted by atomic mass is 10.3. The molecule has 0 aliphatic carbocycles. The molecule has 1 N–H and O–H groups in total. The van der Waals surface area contributed by atoms with Gasteiger partial charge >= 0.3 is 0 Å². The van der Waals surface area contributed by atoms with Gasteiger partial charge in [0.15, 0.2) is 3.95 Å². The third-order valence-electron chi connectivity index (χ3n) is 3.67. The number of aromatic nitrogens is 3. The number of benzene rings is 1. The van der Waals surface area contributed by atoms with E-state index >= 15 is 0 Å². The average molecular weight is 410 g/mol. The van der Waals surface area contributed by atoms with Crippen molar-refractivity contribution in [3.63, 3.8) is 0 Å². The molecule has 0 fully saturated rings. The maximum absolute atomic E-state index is 5.44. The maximum Gasteiger partial charge on any atom is 0.204 e. The van der Waals surface area contributed by atoms with Gasteiger partial charge in [-0.3, -0.25) is 4.90 Å². The van der Waals surface area contributed by atoms with Gasteiger partial charge in [-0.2, -0.15) is 0 Å². The molecule has 26 heavy (non-hydrogen) atoms. The van der Waals surface area contributed by atoms with E-state index in [2.05, 4.69) is 39.5 Å². The standard InChI is InChI=1S/C17H23N5OS3/c1-3-23-10-6-9-18-16-20-22(17(24)26-16)12-21(2)11-15-19-13-7-4-5-8-14(13)25-15/h4-5,7-8H,3,6,9-12H2,1-2H3,(H,18,20). The fourth-order valence-electron chi connectivity index (χ4n) is 2.48. The average Bonchev–Trinajstić information content (AvgIpc) is 3.17. The van der Waals surface area contributed by atoms with Gasteiger partial charge in [-0.25, -0.2) is 9.67 Å². The number of fused-ring (bicyclic) bond motifs is 1. The van der Waals surface area contributed by atoms with Crippen molar-refractivity contribution in [2.45, 2.75) is 26.6 Å². The van der Waals surface area contributed by atoms with E-state index in [1.807, 2.05) is 23.7 Å². The van der Waals surface area contributed by atoms with E-state index in [1.54, 1.807) is 11.3 Å². The van der Waals surface area contributed by atoms with Crippen LogP contribution in [0.15, 0.2) is 24.3 Å². The van der Waals surface area contributed by atoms with Crippen LogP contribution in [0.1, 0.15) is 18.4 Å². The fraction of sp³-hybridized carbons (Fsp3) is 0.471. The lowest BCUT2D eigenvalue weighted by Gasteiger charge is -2.14. The van der Waals surface area contributed by atoms with Crippen molar-refractivity contribution < 1.29 is 4.74 Å². The summed E-state index contributed by atoms with van der Waals surface area (Å²) >= 11 is 8.68. The zero-order valence-corrected chi connectivity index (χ0v) is 17.4. The molecule has 0 saturated heterocycles. The van der Waals surface area contributed by atoms with Crippen LogP contribution in [0.4, 0.5) is 5.13 Å². The zero-order chi connectivity index (χ0) is 18.4. The van der Waals surface area contributed by atoms with Crippen LogP contribution in [0, 0.1) is 3.95 Å². The summed E-state index contributed by atoms with van der Waals surface area (Å²) in [6, 6.07) is 8.23. The van der Waals surface area contributed by atoms with Gasteiger partial charge in [0.05, 0.1) is 23.4 Å². The Bertz CT molecular complexity index is 855. The molecular weight excluding hydrogens is 386 g/mol. The van der Waals surface area contributed by atoms with Crippen LogP contribution in [-0.4, -0.2) is 46.5 Å². The number of thiazole rings is 1. The topological polar surface area (TPSA) is 55.2 Å². The fourth-order valence-corrected chi connectivity index (χ4v) is 4.54. The van der Waals surface area contributed by atoms with Crippen molar-refractivity contribution in [2.75, 3.05) is 32.1 Å². The Morgan fingerprint density at radius 1 is 1.31 bits per heavy atom. The molecule has 0 atom stereocenters. The second-order valence-corrected chi connectivity index (χ2v) is 8.62. The Balaban J connectivity index is 1.53. The van der Waals surface area contributed by atoms with Crippen LogP contribution >= 0.6 is 34.9 Å².